The first-order valence-corrected chi connectivity index (χ1v) is 11.4. The zero-order chi connectivity index (χ0) is 24.3. The molecular weight excluding hydrogens is 428 g/mol. The van der Waals surface area contributed by atoms with Crippen LogP contribution < -0.4 is 0 Å². The van der Waals surface area contributed by atoms with Crippen LogP contribution in [0.1, 0.15) is 47.5 Å². The van der Waals surface area contributed by atoms with Crippen molar-refractivity contribution in [1.82, 2.24) is 0 Å². The first-order valence-electron chi connectivity index (χ1n) is 11.4. The minimum Gasteiger partial charge on any atom is -0.459 e. The fourth-order valence-corrected chi connectivity index (χ4v) is 5.69. The zero-order valence-electron chi connectivity index (χ0n) is 19.8. The molecule has 0 aromatic rings. The van der Waals surface area contributed by atoms with E-state index in [0.717, 1.165) is 5.57 Å². The molecule has 0 aromatic carbocycles. The summed E-state index contributed by atoms with van der Waals surface area (Å²) in [4.78, 5) is 37.5. The topological polar surface area (TPSA) is 112 Å². The van der Waals surface area contributed by atoms with E-state index in [1.54, 1.807) is 39.8 Å². The summed E-state index contributed by atoms with van der Waals surface area (Å²) in [5.41, 5.74) is -0.846. The highest BCUT2D eigenvalue weighted by Crippen LogP contribution is 2.63. The molecule has 180 valence electrons. The number of epoxide rings is 1. The molecule has 4 aliphatic rings. The van der Waals surface area contributed by atoms with Crippen LogP contribution in [0.25, 0.3) is 0 Å². The molecule has 2 heterocycles. The second-order valence-electron chi connectivity index (χ2n) is 9.86. The Kier molecular flexibility index (Phi) is 5.81. The predicted octanol–water partition coefficient (Wildman–Crippen LogP) is 2.40. The Bertz CT molecular complexity index is 963. The van der Waals surface area contributed by atoms with Crippen LogP contribution in [0.2, 0.25) is 0 Å². The zero-order valence-corrected chi connectivity index (χ0v) is 19.8. The summed E-state index contributed by atoms with van der Waals surface area (Å²) in [6.45, 7) is 12.5. The molecule has 0 unspecified atom stereocenters. The van der Waals surface area contributed by atoms with Crippen molar-refractivity contribution in [1.29, 1.82) is 0 Å². The van der Waals surface area contributed by atoms with Crippen LogP contribution >= 0.6 is 0 Å². The maximum atomic E-state index is 12.8. The van der Waals surface area contributed by atoms with E-state index in [1.165, 1.54) is 0 Å². The Morgan fingerprint density at radius 2 is 1.82 bits per heavy atom. The van der Waals surface area contributed by atoms with Crippen molar-refractivity contribution < 1.29 is 38.4 Å². The number of rotatable bonds is 5. The van der Waals surface area contributed by atoms with Gasteiger partial charge in [0.05, 0.1) is 0 Å². The SMILES string of the molecule is C=C1[C@H]2O[C@H]2[C@@H](OC(=O)/C(C)=C/C)[C@@]2(C)CC[C@@H]3[C@@H](OC(=O)[C@@]3(O)COC(=O)/C(C)=C\C)[C@H]12. The summed E-state index contributed by atoms with van der Waals surface area (Å²) in [5.74, 6) is -2.75. The molecule has 2 aliphatic carbocycles. The first-order chi connectivity index (χ1) is 15.5. The lowest BCUT2D eigenvalue weighted by Gasteiger charge is -2.52. The van der Waals surface area contributed by atoms with E-state index in [1.807, 2.05) is 6.92 Å². The molecule has 33 heavy (non-hydrogen) atoms. The quantitative estimate of drug-likeness (QED) is 0.219. The Balaban J connectivity index is 1.60. The first kappa shape index (κ1) is 23.7. The van der Waals surface area contributed by atoms with Gasteiger partial charge in [-0.2, -0.15) is 0 Å². The molecule has 2 saturated heterocycles. The van der Waals surface area contributed by atoms with E-state index in [2.05, 4.69) is 6.58 Å². The van der Waals surface area contributed by atoms with E-state index in [0.29, 0.717) is 24.0 Å². The lowest BCUT2D eigenvalue weighted by Crippen LogP contribution is -2.59. The lowest BCUT2D eigenvalue weighted by molar-refractivity contribution is -0.168. The smallest absolute Gasteiger partial charge is 0.342 e. The van der Waals surface area contributed by atoms with Crippen LogP contribution in [-0.2, 0) is 33.3 Å². The summed E-state index contributed by atoms with van der Waals surface area (Å²) in [6.07, 6.45) is 2.52. The highest BCUT2D eigenvalue weighted by Gasteiger charge is 2.72. The molecule has 8 heteroatoms. The summed E-state index contributed by atoms with van der Waals surface area (Å²) in [7, 11) is 0. The average molecular weight is 461 g/mol. The highest BCUT2D eigenvalue weighted by atomic mass is 16.6. The molecule has 8 atom stereocenters. The Hall–Kier alpha value is -2.45. The average Bonchev–Trinajstić information content (AvgIpc) is 3.54. The van der Waals surface area contributed by atoms with E-state index in [-0.39, 0.29) is 18.1 Å². The van der Waals surface area contributed by atoms with Gasteiger partial charge in [0.1, 0.15) is 31.0 Å². The summed E-state index contributed by atoms with van der Waals surface area (Å²) in [5, 5.41) is 11.3. The molecule has 8 nitrogen and oxygen atoms in total. The third-order valence-electron chi connectivity index (χ3n) is 8.05. The molecule has 0 amide bonds. The molecule has 0 spiro atoms. The number of hydrogen-bond donors (Lipinski definition) is 1. The van der Waals surface area contributed by atoms with Gasteiger partial charge in [-0.15, -0.1) is 0 Å². The van der Waals surface area contributed by atoms with Crippen LogP contribution in [0.15, 0.2) is 35.5 Å². The van der Waals surface area contributed by atoms with Crippen LogP contribution in [-0.4, -0.2) is 59.6 Å². The van der Waals surface area contributed by atoms with Crippen LogP contribution in [0.4, 0.5) is 0 Å². The Labute approximate surface area is 193 Å². The second kappa shape index (κ2) is 8.09. The van der Waals surface area contributed by atoms with Crippen LogP contribution in [0, 0.1) is 17.3 Å². The number of esters is 3. The number of fused-ring (bicyclic) bond motifs is 4. The molecule has 2 aliphatic heterocycles. The summed E-state index contributed by atoms with van der Waals surface area (Å²) in [6, 6.07) is 0. The molecule has 1 N–H and O–H groups in total. The monoisotopic (exact) mass is 460 g/mol. The van der Waals surface area contributed by atoms with Gasteiger partial charge >= 0.3 is 17.9 Å². The van der Waals surface area contributed by atoms with Gasteiger partial charge in [-0.3, -0.25) is 0 Å². The van der Waals surface area contributed by atoms with Crippen molar-refractivity contribution in [3.8, 4) is 0 Å². The molecule has 0 bridgehead atoms. The number of carbonyl (C=O) groups is 3. The van der Waals surface area contributed by atoms with Crippen molar-refractivity contribution in [3.05, 3.63) is 35.5 Å². The van der Waals surface area contributed by atoms with E-state index < -0.39 is 53.7 Å². The fourth-order valence-electron chi connectivity index (χ4n) is 5.69. The maximum Gasteiger partial charge on any atom is 0.342 e. The van der Waals surface area contributed by atoms with Crippen molar-refractivity contribution in [2.24, 2.45) is 17.3 Å². The minimum atomic E-state index is -1.94. The van der Waals surface area contributed by atoms with Crippen molar-refractivity contribution >= 4 is 17.9 Å². The largest absolute Gasteiger partial charge is 0.459 e. The summed E-state index contributed by atoms with van der Waals surface area (Å²) >= 11 is 0. The van der Waals surface area contributed by atoms with Gasteiger partial charge in [-0.25, -0.2) is 14.4 Å². The molecule has 4 rings (SSSR count). The van der Waals surface area contributed by atoms with Gasteiger partial charge in [0, 0.05) is 28.4 Å². The third-order valence-corrected chi connectivity index (χ3v) is 8.05. The van der Waals surface area contributed by atoms with Crippen LogP contribution in [0.3, 0.4) is 0 Å². The number of allylic oxidation sites excluding steroid dienone is 2. The number of ether oxygens (including phenoxy) is 4. The van der Waals surface area contributed by atoms with Crippen molar-refractivity contribution in [2.75, 3.05) is 6.61 Å². The summed E-state index contributed by atoms with van der Waals surface area (Å²) < 4.78 is 22.7. The highest BCUT2D eigenvalue weighted by molar-refractivity contribution is 5.89. The Morgan fingerprint density at radius 1 is 1.18 bits per heavy atom. The Morgan fingerprint density at radius 3 is 2.45 bits per heavy atom. The van der Waals surface area contributed by atoms with Gasteiger partial charge in [0.15, 0.2) is 0 Å². The number of carbonyl (C=O) groups excluding carboxylic acids is 3. The van der Waals surface area contributed by atoms with Gasteiger partial charge in [-0.1, -0.05) is 25.7 Å². The normalized spacial score (nSPS) is 42.0. The lowest BCUT2D eigenvalue weighted by atomic mass is 9.53. The number of hydrogen-bond acceptors (Lipinski definition) is 8. The third kappa shape index (κ3) is 3.54. The standard InChI is InChI=1S/C25H32O8/c1-7-12(3)21(26)30-11-25(29)15-9-10-24(6)16(18(15)32-23(25)28)14(5)17-19(31-17)20(24)33-22(27)13(4)8-2/h7-8,15-20,29H,5,9-11H2,1-4,6H3/b12-7-,13-8+/t15-,16+,17-,18-,19-,20-,24+,25-/m1/s1. The predicted molar refractivity (Wildman–Crippen MR) is 117 cm³/mol. The van der Waals surface area contributed by atoms with Crippen LogP contribution in [0.5, 0.6) is 0 Å². The van der Waals surface area contributed by atoms with Gasteiger partial charge in [0.2, 0.25) is 5.60 Å². The molecule has 0 radical (unpaired) electrons. The van der Waals surface area contributed by atoms with Gasteiger partial charge in [-0.05, 0) is 46.1 Å². The van der Waals surface area contributed by atoms with Crippen molar-refractivity contribution in [2.45, 2.75) is 77.5 Å². The van der Waals surface area contributed by atoms with Crippen molar-refractivity contribution in [3.63, 3.8) is 0 Å². The van der Waals surface area contributed by atoms with Gasteiger partial charge in [0.25, 0.3) is 0 Å². The minimum absolute atomic E-state index is 0.273. The molecule has 0 aromatic heterocycles. The van der Waals surface area contributed by atoms with E-state index in [4.69, 9.17) is 18.9 Å². The fraction of sp³-hybridized carbons (Fsp3) is 0.640. The van der Waals surface area contributed by atoms with E-state index >= 15 is 0 Å². The second-order valence-corrected chi connectivity index (χ2v) is 9.86. The molecular formula is C25H32O8. The maximum absolute atomic E-state index is 12.8. The molecule has 4 fully saturated rings. The van der Waals surface area contributed by atoms with Gasteiger partial charge < -0.3 is 24.1 Å². The van der Waals surface area contributed by atoms with E-state index in [9.17, 15) is 19.5 Å². The number of aliphatic hydroxyl groups is 1. The molecule has 2 saturated carbocycles.